The highest BCUT2D eigenvalue weighted by Gasteiger charge is 2.25. The van der Waals surface area contributed by atoms with Crippen molar-refractivity contribution in [1.82, 2.24) is 9.88 Å². The van der Waals surface area contributed by atoms with Crippen molar-refractivity contribution in [2.75, 3.05) is 0 Å². The molecule has 0 fully saturated rings. The Balaban J connectivity index is 1.15. The number of nitrogens with one attached hydrogen (secondary N) is 1. The maximum atomic E-state index is 6.27. The van der Waals surface area contributed by atoms with Gasteiger partial charge in [-0.25, -0.2) is 9.98 Å². The molecule has 1 N–H and O–H groups in total. The van der Waals surface area contributed by atoms with Crippen LogP contribution < -0.4 is 5.32 Å². The van der Waals surface area contributed by atoms with Crippen LogP contribution in [-0.2, 0) is 0 Å². The normalized spacial score (nSPS) is 14.9. The van der Waals surface area contributed by atoms with Crippen LogP contribution in [0.3, 0.4) is 0 Å². The lowest BCUT2D eigenvalue weighted by Crippen LogP contribution is -2.37. The standard InChI is InChI=1S/C43H28N4O/c1-2-11-30-26-31(25-22-27(30)10-1)28-20-23-29(24-21-28)41-44-42(35-15-9-19-39-40(35)34-14-5-8-18-38(34)48-39)46-43(45-41)47-36-16-6-3-12-32(36)33-13-4-7-17-37(33)47/h1-26,43H,(H,44,45,46). The van der Waals surface area contributed by atoms with Crippen LogP contribution in [-0.4, -0.2) is 16.2 Å². The van der Waals surface area contributed by atoms with Crippen molar-refractivity contribution in [3.8, 4) is 11.1 Å². The molecule has 2 aromatic heterocycles. The monoisotopic (exact) mass is 616 g/mol. The van der Waals surface area contributed by atoms with Gasteiger partial charge in [-0.15, -0.1) is 0 Å². The summed E-state index contributed by atoms with van der Waals surface area (Å²) in [6, 6.07) is 55.1. The van der Waals surface area contributed by atoms with E-state index >= 15 is 0 Å². The molecule has 1 atom stereocenters. The van der Waals surface area contributed by atoms with Crippen LogP contribution in [0.1, 0.15) is 17.4 Å². The first-order valence-corrected chi connectivity index (χ1v) is 16.2. The van der Waals surface area contributed by atoms with Gasteiger partial charge in [-0.3, -0.25) is 4.57 Å². The minimum absolute atomic E-state index is 0.533. The predicted octanol–water partition coefficient (Wildman–Crippen LogP) is 10.5. The van der Waals surface area contributed by atoms with Gasteiger partial charge in [-0.1, -0.05) is 127 Å². The topological polar surface area (TPSA) is 54.8 Å². The minimum atomic E-state index is -0.533. The van der Waals surface area contributed by atoms with Crippen molar-refractivity contribution >= 4 is 66.2 Å². The van der Waals surface area contributed by atoms with E-state index in [1.165, 1.54) is 27.1 Å². The number of hydrogen-bond acceptors (Lipinski definition) is 4. The van der Waals surface area contributed by atoms with E-state index < -0.39 is 6.29 Å². The average molecular weight is 617 g/mol. The summed E-state index contributed by atoms with van der Waals surface area (Å²) < 4.78 is 8.53. The zero-order valence-corrected chi connectivity index (χ0v) is 25.8. The fourth-order valence-corrected chi connectivity index (χ4v) is 7.20. The van der Waals surface area contributed by atoms with Crippen LogP contribution in [0.2, 0.25) is 0 Å². The second kappa shape index (κ2) is 10.5. The highest BCUT2D eigenvalue weighted by Crippen LogP contribution is 2.36. The second-order valence-electron chi connectivity index (χ2n) is 12.2. The number of aromatic nitrogens is 1. The van der Waals surface area contributed by atoms with Gasteiger partial charge in [0.2, 0.25) is 6.29 Å². The number of fused-ring (bicyclic) bond motifs is 7. The Kier molecular flexibility index (Phi) is 5.87. The fourth-order valence-electron chi connectivity index (χ4n) is 7.20. The molecule has 0 amide bonds. The zero-order chi connectivity index (χ0) is 31.6. The van der Waals surface area contributed by atoms with Crippen LogP contribution in [0.5, 0.6) is 0 Å². The van der Waals surface area contributed by atoms with Gasteiger partial charge < -0.3 is 9.73 Å². The first-order valence-electron chi connectivity index (χ1n) is 16.2. The van der Waals surface area contributed by atoms with Crippen molar-refractivity contribution < 1.29 is 4.42 Å². The quantitative estimate of drug-likeness (QED) is 0.214. The van der Waals surface area contributed by atoms with Crippen molar-refractivity contribution in [1.29, 1.82) is 0 Å². The maximum Gasteiger partial charge on any atom is 0.224 e. The fraction of sp³-hybridized carbons (Fsp3) is 0.0233. The number of amidine groups is 2. The van der Waals surface area contributed by atoms with Gasteiger partial charge in [0, 0.05) is 32.7 Å². The molecule has 1 unspecified atom stereocenters. The van der Waals surface area contributed by atoms with Gasteiger partial charge >= 0.3 is 0 Å². The molecule has 0 radical (unpaired) electrons. The Hall–Kier alpha value is -6.46. The third-order valence-electron chi connectivity index (χ3n) is 9.47. The smallest absolute Gasteiger partial charge is 0.224 e. The summed E-state index contributed by atoms with van der Waals surface area (Å²) in [7, 11) is 0. The second-order valence-corrected chi connectivity index (χ2v) is 12.2. The van der Waals surface area contributed by atoms with Gasteiger partial charge in [-0.2, -0.15) is 0 Å². The molecule has 0 saturated carbocycles. The van der Waals surface area contributed by atoms with Crippen LogP contribution in [0.25, 0.3) is 65.6 Å². The van der Waals surface area contributed by atoms with Gasteiger partial charge in [0.15, 0.2) is 0 Å². The lowest BCUT2D eigenvalue weighted by atomic mass is 10.00. The SMILES string of the molecule is c1ccc2cc(-c3ccc(C4=NC(n5c6ccccc6c6ccccc65)N=C(c5cccc6oc7ccccc7c56)N4)cc3)ccc2c1. The van der Waals surface area contributed by atoms with E-state index in [-0.39, 0.29) is 0 Å². The molecule has 3 heterocycles. The van der Waals surface area contributed by atoms with Gasteiger partial charge in [0.25, 0.3) is 0 Å². The molecule has 0 bridgehead atoms. The number of aliphatic imine (C=N–C) groups is 2. The number of para-hydroxylation sites is 3. The summed E-state index contributed by atoms with van der Waals surface area (Å²) in [5.74, 6) is 1.52. The third kappa shape index (κ3) is 4.18. The van der Waals surface area contributed by atoms with E-state index in [1.54, 1.807) is 0 Å². The molecule has 9 aromatic rings. The molecule has 5 heteroatoms. The summed E-state index contributed by atoms with van der Waals surface area (Å²) in [5, 5.41) is 10.6. The lowest BCUT2D eigenvalue weighted by molar-refractivity contribution is 0.575. The zero-order valence-electron chi connectivity index (χ0n) is 25.8. The molecule has 7 aromatic carbocycles. The maximum absolute atomic E-state index is 6.27. The van der Waals surface area contributed by atoms with Crippen molar-refractivity contribution in [3.63, 3.8) is 0 Å². The number of benzene rings is 7. The predicted molar refractivity (Wildman–Crippen MR) is 198 cm³/mol. The highest BCUT2D eigenvalue weighted by atomic mass is 16.3. The number of nitrogens with zero attached hydrogens (tertiary/aromatic N) is 3. The first kappa shape index (κ1) is 26.7. The Labute approximate surface area is 276 Å². The Morgan fingerprint density at radius 3 is 1.88 bits per heavy atom. The summed E-state index contributed by atoms with van der Waals surface area (Å²) in [5.41, 5.74) is 8.17. The van der Waals surface area contributed by atoms with Gasteiger partial charge in [0.1, 0.15) is 22.8 Å². The van der Waals surface area contributed by atoms with Crippen molar-refractivity contribution in [2.24, 2.45) is 9.98 Å². The van der Waals surface area contributed by atoms with E-state index in [0.29, 0.717) is 0 Å². The van der Waals surface area contributed by atoms with Crippen LogP contribution in [0.15, 0.2) is 172 Å². The van der Waals surface area contributed by atoms with Crippen LogP contribution in [0, 0.1) is 0 Å². The van der Waals surface area contributed by atoms with E-state index in [2.05, 4.69) is 143 Å². The number of rotatable bonds is 4. The van der Waals surface area contributed by atoms with Crippen LogP contribution >= 0.6 is 0 Å². The summed E-state index contributed by atoms with van der Waals surface area (Å²) >= 11 is 0. The van der Waals surface area contributed by atoms with Crippen molar-refractivity contribution in [3.05, 3.63) is 169 Å². The van der Waals surface area contributed by atoms with Gasteiger partial charge in [-0.05, 0) is 52.2 Å². The molecular weight excluding hydrogens is 589 g/mol. The number of hydrogen-bond donors (Lipinski definition) is 1. The molecule has 0 spiro atoms. The molecule has 1 aliphatic heterocycles. The summed E-state index contributed by atoms with van der Waals surface area (Å²) in [6.45, 7) is 0. The molecule has 226 valence electrons. The van der Waals surface area contributed by atoms with Crippen LogP contribution in [0.4, 0.5) is 0 Å². The Morgan fingerprint density at radius 1 is 0.479 bits per heavy atom. The van der Waals surface area contributed by atoms with E-state index in [4.69, 9.17) is 14.4 Å². The molecule has 0 saturated heterocycles. The molecular formula is C43H28N4O. The first-order chi connectivity index (χ1) is 23.8. The summed E-state index contributed by atoms with van der Waals surface area (Å²) in [4.78, 5) is 10.6. The van der Waals surface area contributed by atoms with E-state index in [1.807, 2.05) is 24.3 Å². The molecule has 1 aliphatic rings. The Morgan fingerprint density at radius 2 is 1.08 bits per heavy atom. The number of furan rings is 1. The van der Waals surface area contributed by atoms with Crippen molar-refractivity contribution in [2.45, 2.75) is 6.29 Å². The van der Waals surface area contributed by atoms with Gasteiger partial charge in [0.05, 0.1) is 11.0 Å². The Bertz CT molecular complexity index is 2710. The summed E-state index contributed by atoms with van der Waals surface area (Å²) in [6.07, 6.45) is -0.533. The average Bonchev–Trinajstić information content (AvgIpc) is 3.71. The molecule has 5 nitrogen and oxygen atoms in total. The minimum Gasteiger partial charge on any atom is -0.456 e. The highest BCUT2D eigenvalue weighted by molar-refractivity contribution is 6.23. The molecule has 10 rings (SSSR count). The third-order valence-corrected chi connectivity index (χ3v) is 9.47. The molecule has 0 aliphatic carbocycles. The lowest BCUT2D eigenvalue weighted by Gasteiger charge is -2.24. The van der Waals surface area contributed by atoms with E-state index in [0.717, 1.165) is 61.3 Å². The van der Waals surface area contributed by atoms with E-state index in [9.17, 15) is 0 Å². The largest absolute Gasteiger partial charge is 0.456 e. The molecule has 48 heavy (non-hydrogen) atoms.